The molecule has 0 spiro atoms. The van der Waals surface area contributed by atoms with Crippen LogP contribution in [0.5, 0.6) is 0 Å². The van der Waals surface area contributed by atoms with Gasteiger partial charge in [0.05, 0.1) is 31.5 Å². The summed E-state index contributed by atoms with van der Waals surface area (Å²) in [7, 11) is 0. The SMILES string of the molecule is CCNC([C@H](O)CO)[C@H](O)CO. The third-order valence-electron chi connectivity index (χ3n) is 1.64. The van der Waals surface area contributed by atoms with E-state index in [0.717, 1.165) is 0 Å². The maximum atomic E-state index is 9.17. The van der Waals surface area contributed by atoms with E-state index in [9.17, 15) is 0 Å². The average molecular weight is 179 g/mol. The van der Waals surface area contributed by atoms with Gasteiger partial charge in [-0.25, -0.2) is 0 Å². The van der Waals surface area contributed by atoms with Gasteiger partial charge in [-0.15, -0.1) is 0 Å². The lowest BCUT2D eigenvalue weighted by Gasteiger charge is -2.25. The summed E-state index contributed by atoms with van der Waals surface area (Å²) in [4.78, 5) is 0. The Morgan fingerprint density at radius 2 is 1.50 bits per heavy atom. The molecular weight excluding hydrogens is 162 g/mol. The highest BCUT2D eigenvalue weighted by molar-refractivity contribution is 4.81. The summed E-state index contributed by atoms with van der Waals surface area (Å²) >= 11 is 0. The highest BCUT2D eigenvalue weighted by Crippen LogP contribution is 1.99. The normalized spacial score (nSPS) is 16.5. The quantitative estimate of drug-likeness (QED) is 0.315. The predicted octanol–water partition coefficient (Wildman–Crippen LogP) is -2.33. The highest BCUT2D eigenvalue weighted by atomic mass is 16.3. The van der Waals surface area contributed by atoms with Crippen LogP contribution in [-0.2, 0) is 0 Å². The van der Waals surface area contributed by atoms with Crippen molar-refractivity contribution in [3.8, 4) is 0 Å². The molecule has 2 atom stereocenters. The number of likely N-dealkylation sites (N-methyl/N-ethyl adjacent to an activating group) is 1. The molecule has 0 fully saturated rings. The minimum atomic E-state index is -1.05. The van der Waals surface area contributed by atoms with Crippen LogP contribution in [0.1, 0.15) is 6.92 Å². The van der Waals surface area contributed by atoms with Crippen molar-refractivity contribution >= 4 is 0 Å². The summed E-state index contributed by atoms with van der Waals surface area (Å²) in [6.45, 7) is 1.49. The van der Waals surface area contributed by atoms with Gasteiger partial charge < -0.3 is 25.7 Å². The molecule has 0 aliphatic heterocycles. The lowest BCUT2D eigenvalue weighted by Crippen LogP contribution is -2.51. The number of aliphatic hydroxyl groups excluding tert-OH is 4. The first-order valence-corrected chi connectivity index (χ1v) is 3.98. The zero-order valence-electron chi connectivity index (χ0n) is 7.14. The van der Waals surface area contributed by atoms with Gasteiger partial charge in [-0.2, -0.15) is 0 Å². The first kappa shape index (κ1) is 11.8. The monoisotopic (exact) mass is 179 g/mol. The molecule has 0 rings (SSSR count). The van der Waals surface area contributed by atoms with Gasteiger partial charge in [0.15, 0.2) is 0 Å². The molecule has 0 radical (unpaired) electrons. The molecule has 74 valence electrons. The number of hydrogen-bond acceptors (Lipinski definition) is 5. The molecule has 0 amide bonds. The molecule has 0 aromatic carbocycles. The minimum absolute atomic E-state index is 0.436. The largest absolute Gasteiger partial charge is 0.394 e. The number of aliphatic hydroxyl groups is 4. The van der Waals surface area contributed by atoms with Crippen molar-refractivity contribution in [3.63, 3.8) is 0 Å². The molecule has 0 aliphatic carbocycles. The topological polar surface area (TPSA) is 93.0 Å². The first-order chi connectivity index (χ1) is 5.67. The third-order valence-corrected chi connectivity index (χ3v) is 1.64. The third kappa shape index (κ3) is 3.46. The zero-order chi connectivity index (χ0) is 9.56. The van der Waals surface area contributed by atoms with Crippen LogP contribution in [0.25, 0.3) is 0 Å². The van der Waals surface area contributed by atoms with Gasteiger partial charge in [0.25, 0.3) is 0 Å². The van der Waals surface area contributed by atoms with Gasteiger partial charge in [0.1, 0.15) is 0 Å². The molecule has 0 saturated heterocycles. The molecule has 0 aromatic rings. The van der Waals surface area contributed by atoms with Crippen LogP contribution in [0.2, 0.25) is 0 Å². The Labute approximate surface area is 71.7 Å². The van der Waals surface area contributed by atoms with Crippen LogP contribution in [-0.4, -0.2) is 58.4 Å². The number of hydrogen-bond donors (Lipinski definition) is 5. The van der Waals surface area contributed by atoms with E-state index in [-0.39, 0.29) is 0 Å². The van der Waals surface area contributed by atoms with Crippen molar-refractivity contribution in [2.24, 2.45) is 0 Å². The summed E-state index contributed by atoms with van der Waals surface area (Å²) in [6.07, 6.45) is -2.10. The number of nitrogens with one attached hydrogen (secondary N) is 1. The van der Waals surface area contributed by atoms with E-state index in [1.807, 2.05) is 0 Å². The Hall–Kier alpha value is -0.200. The van der Waals surface area contributed by atoms with Crippen LogP contribution in [0, 0.1) is 0 Å². The molecule has 0 aromatic heterocycles. The van der Waals surface area contributed by atoms with E-state index in [0.29, 0.717) is 6.54 Å². The Balaban J connectivity index is 4.01. The second kappa shape index (κ2) is 6.33. The van der Waals surface area contributed by atoms with Crippen LogP contribution >= 0.6 is 0 Å². The Kier molecular flexibility index (Phi) is 6.23. The van der Waals surface area contributed by atoms with Gasteiger partial charge >= 0.3 is 0 Å². The van der Waals surface area contributed by atoms with Gasteiger partial charge in [-0.3, -0.25) is 0 Å². The fraction of sp³-hybridized carbons (Fsp3) is 1.00. The highest BCUT2D eigenvalue weighted by Gasteiger charge is 2.24. The van der Waals surface area contributed by atoms with Crippen molar-refractivity contribution in [3.05, 3.63) is 0 Å². The van der Waals surface area contributed by atoms with Crippen molar-refractivity contribution in [1.82, 2.24) is 5.32 Å². The fourth-order valence-corrected chi connectivity index (χ4v) is 0.991. The van der Waals surface area contributed by atoms with Crippen LogP contribution in [0.3, 0.4) is 0 Å². The summed E-state index contributed by atoms with van der Waals surface area (Å²) in [5.74, 6) is 0. The summed E-state index contributed by atoms with van der Waals surface area (Å²) in [5, 5.41) is 38.3. The summed E-state index contributed by atoms with van der Waals surface area (Å²) < 4.78 is 0. The Bertz CT molecular complexity index is 102. The van der Waals surface area contributed by atoms with Crippen molar-refractivity contribution < 1.29 is 20.4 Å². The van der Waals surface area contributed by atoms with Gasteiger partial charge in [-0.1, -0.05) is 6.92 Å². The summed E-state index contributed by atoms with van der Waals surface area (Å²) in [6, 6.07) is -0.676. The number of rotatable bonds is 6. The van der Waals surface area contributed by atoms with E-state index in [1.165, 1.54) is 0 Å². The predicted molar refractivity (Wildman–Crippen MR) is 43.6 cm³/mol. The van der Waals surface area contributed by atoms with Gasteiger partial charge in [0, 0.05) is 0 Å². The maximum Gasteiger partial charge on any atom is 0.0949 e. The molecule has 0 bridgehead atoms. The summed E-state index contributed by atoms with van der Waals surface area (Å²) in [5.41, 5.74) is 0. The smallest absolute Gasteiger partial charge is 0.0949 e. The molecule has 0 saturated carbocycles. The Morgan fingerprint density at radius 1 is 1.08 bits per heavy atom. The molecule has 5 N–H and O–H groups in total. The van der Waals surface area contributed by atoms with Crippen LogP contribution in [0.15, 0.2) is 0 Å². The molecule has 0 unspecified atom stereocenters. The second-order valence-electron chi connectivity index (χ2n) is 2.58. The van der Waals surface area contributed by atoms with E-state index >= 15 is 0 Å². The first-order valence-electron chi connectivity index (χ1n) is 3.98. The zero-order valence-corrected chi connectivity index (χ0v) is 7.14. The van der Waals surface area contributed by atoms with Crippen LogP contribution in [0.4, 0.5) is 0 Å². The van der Waals surface area contributed by atoms with E-state index in [2.05, 4.69) is 5.32 Å². The average Bonchev–Trinajstić information content (AvgIpc) is 2.11. The van der Waals surface area contributed by atoms with Crippen LogP contribution < -0.4 is 5.32 Å². The lowest BCUT2D eigenvalue weighted by molar-refractivity contribution is -0.0137. The van der Waals surface area contributed by atoms with Gasteiger partial charge in [-0.05, 0) is 6.54 Å². The molecular formula is C7H17NO4. The lowest BCUT2D eigenvalue weighted by atomic mass is 10.1. The Morgan fingerprint density at radius 3 is 1.75 bits per heavy atom. The maximum absolute atomic E-state index is 9.17. The molecule has 5 heteroatoms. The molecule has 0 heterocycles. The minimum Gasteiger partial charge on any atom is -0.394 e. The van der Waals surface area contributed by atoms with Gasteiger partial charge in [0.2, 0.25) is 0 Å². The second-order valence-corrected chi connectivity index (χ2v) is 2.58. The molecule has 12 heavy (non-hydrogen) atoms. The standard InChI is InChI=1S/C7H17NO4/c1-2-8-7(5(11)3-9)6(12)4-10/h5-12H,2-4H2,1H3/t5-,6-/m1/s1. The van der Waals surface area contributed by atoms with Crippen molar-refractivity contribution in [2.75, 3.05) is 19.8 Å². The fourth-order valence-electron chi connectivity index (χ4n) is 0.991. The van der Waals surface area contributed by atoms with E-state index in [4.69, 9.17) is 20.4 Å². The van der Waals surface area contributed by atoms with Crippen molar-refractivity contribution in [2.45, 2.75) is 25.2 Å². The van der Waals surface area contributed by atoms with E-state index in [1.54, 1.807) is 6.92 Å². The van der Waals surface area contributed by atoms with E-state index < -0.39 is 31.5 Å². The van der Waals surface area contributed by atoms with Crippen molar-refractivity contribution in [1.29, 1.82) is 0 Å². The molecule has 5 nitrogen and oxygen atoms in total. The molecule has 0 aliphatic rings.